The quantitative estimate of drug-likeness (QED) is 0.588. The predicted octanol–water partition coefficient (Wildman–Crippen LogP) is 1.78. The summed E-state index contributed by atoms with van der Waals surface area (Å²) in [6.07, 6.45) is 1.42. The van der Waals surface area contributed by atoms with Crippen molar-refractivity contribution in [1.82, 2.24) is 15.1 Å². The van der Waals surface area contributed by atoms with Crippen LogP contribution in [0.1, 0.15) is 23.2 Å². The molecule has 2 aromatic carbocycles. The van der Waals surface area contributed by atoms with Crippen LogP contribution in [0.4, 0.5) is 5.69 Å². The molecule has 0 aliphatic carbocycles. The fraction of sp³-hybridized carbons (Fsp3) is 0.423. The number of nitrogens with one attached hydrogen (secondary N) is 1. The Morgan fingerprint density at radius 3 is 2.23 bits per heavy atom. The van der Waals surface area contributed by atoms with Crippen molar-refractivity contribution in [3.63, 3.8) is 0 Å². The van der Waals surface area contributed by atoms with Gasteiger partial charge in [-0.3, -0.25) is 19.3 Å². The molecule has 0 saturated carbocycles. The maximum absolute atomic E-state index is 12.6. The van der Waals surface area contributed by atoms with Crippen LogP contribution in [-0.4, -0.2) is 87.1 Å². The molecule has 2 heterocycles. The predicted molar refractivity (Wildman–Crippen MR) is 132 cm³/mol. The third-order valence-electron chi connectivity index (χ3n) is 6.38. The molecule has 0 radical (unpaired) electrons. The highest BCUT2D eigenvalue weighted by Crippen LogP contribution is 2.21. The molecule has 0 bridgehead atoms. The number of carbonyl (C=O) groups excluding carboxylic acids is 3. The Morgan fingerprint density at radius 1 is 0.914 bits per heavy atom. The Hall–Kier alpha value is -3.59. The largest absolute Gasteiger partial charge is 0.497 e. The van der Waals surface area contributed by atoms with E-state index in [-0.39, 0.29) is 24.3 Å². The number of anilines is 1. The monoisotopic (exact) mass is 480 g/mol. The molecule has 2 saturated heterocycles. The van der Waals surface area contributed by atoms with Gasteiger partial charge in [-0.25, -0.2) is 0 Å². The number of nitrogens with zero attached hydrogens (tertiary/aromatic N) is 3. The molecule has 9 heteroatoms. The van der Waals surface area contributed by atoms with Crippen molar-refractivity contribution in [1.29, 1.82) is 0 Å². The minimum atomic E-state index is -0.299. The molecule has 4 rings (SSSR count). The summed E-state index contributed by atoms with van der Waals surface area (Å²) < 4.78 is 10.9. The first kappa shape index (κ1) is 24.5. The normalized spacial score (nSPS) is 16.3. The van der Waals surface area contributed by atoms with E-state index >= 15 is 0 Å². The highest BCUT2D eigenvalue weighted by Gasteiger charge is 2.23. The number of carbonyl (C=O) groups is 3. The number of rotatable bonds is 9. The van der Waals surface area contributed by atoms with Crippen LogP contribution in [-0.2, 0) is 9.59 Å². The van der Waals surface area contributed by atoms with E-state index in [1.54, 1.807) is 41.2 Å². The van der Waals surface area contributed by atoms with Crippen LogP contribution in [0.25, 0.3) is 0 Å². The Labute approximate surface area is 205 Å². The lowest BCUT2D eigenvalue weighted by Gasteiger charge is -2.34. The summed E-state index contributed by atoms with van der Waals surface area (Å²) >= 11 is 0. The summed E-state index contributed by atoms with van der Waals surface area (Å²) in [6.45, 7) is 4.80. The first-order valence-electron chi connectivity index (χ1n) is 12.0. The van der Waals surface area contributed by atoms with Gasteiger partial charge in [-0.15, -0.1) is 0 Å². The van der Waals surface area contributed by atoms with E-state index in [2.05, 4.69) is 10.2 Å². The lowest BCUT2D eigenvalue weighted by molar-refractivity contribution is -0.131. The second kappa shape index (κ2) is 11.7. The summed E-state index contributed by atoms with van der Waals surface area (Å²) in [5.41, 5.74) is 1.27. The van der Waals surface area contributed by atoms with Crippen molar-refractivity contribution in [3.8, 4) is 11.5 Å². The number of piperazine rings is 1. The zero-order chi connectivity index (χ0) is 24.6. The average molecular weight is 481 g/mol. The van der Waals surface area contributed by atoms with Crippen molar-refractivity contribution < 1.29 is 23.9 Å². The van der Waals surface area contributed by atoms with Gasteiger partial charge in [-0.1, -0.05) is 0 Å². The van der Waals surface area contributed by atoms with Gasteiger partial charge in [0.1, 0.15) is 18.1 Å². The van der Waals surface area contributed by atoms with Gasteiger partial charge < -0.3 is 24.6 Å². The van der Waals surface area contributed by atoms with Crippen molar-refractivity contribution >= 4 is 23.4 Å². The van der Waals surface area contributed by atoms with E-state index in [0.29, 0.717) is 38.2 Å². The molecule has 0 unspecified atom stereocenters. The molecule has 2 fully saturated rings. The van der Waals surface area contributed by atoms with Crippen molar-refractivity contribution in [2.45, 2.75) is 12.8 Å². The first-order valence-corrected chi connectivity index (χ1v) is 12.0. The summed E-state index contributed by atoms with van der Waals surface area (Å²) in [6, 6.07) is 14.4. The molecular formula is C26H32N4O5. The number of benzene rings is 2. The smallest absolute Gasteiger partial charge is 0.251 e. The first-order chi connectivity index (χ1) is 17.0. The molecule has 9 nitrogen and oxygen atoms in total. The topological polar surface area (TPSA) is 91.4 Å². The maximum atomic E-state index is 12.6. The zero-order valence-corrected chi connectivity index (χ0v) is 20.1. The molecule has 2 aromatic rings. The van der Waals surface area contributed by atoms with Gasteiger partial charge in [0.2, 0.25) is 11.8 Å². The fourth-order valence-electron chi connectivity index (χ4n) is 4.27. The van der Waals surface area contributed by atoms with Gasteiger partial charge >= 0.3 is 0 Å². The van der Waals surface area contributed by atoms with E-state index in [1.807, 2.05) is 24.3 Å². The number of hydrogen-bond acceptors (Lipinski definition) is 6. The lowest BCUT2D eigenvalue weighted by atomic mass is 10.2. The highest BCUT2D eigenvalue weighted by atomic mass is 16.5. The fourth-order valence-corrected chi connectivity index (χ4v) is 4.27. The van der Waals surface area contributed by atoms with Gasteiger partial charge in [-0.05, 0) is 55.0 Å². The SMILES string of the molecule is COc1ccc(OCCN2CCN(C(=O)CNC(=O)c3ccc(N4CCCC4=O)cc3)CC2)cc1. The van der Waals surface area contributed by atoms with Crippen LogP contribution in [0, 0.1) is 0 Å². The second-order valence-corrected chi connectivity index (χ2v) is 8.62. The second-order valence-electron chi connectivity index (χ2n) is 8.62. The minimum Gasteiger partial charge on any atom is -0.497 e. The molecule has 2 aliphatic rings. The standard InChI is InChI=1S/C26H32N4O5/c1-34-22-8-10-23(11-9-22)35-18-17-28-13-15-29(16-14-28)25(32)19-27-26(33)20-4-6-21(7-5-20)30-12-2-3-24(30)31/h4-11H,2-3,12-19H2,1H3,(H,27,33). The lowest BCUT2D eigenvalue weighted by Crippen LogP contribution is -2.51. The molecular weight excluding hydrogens is 448 g/mol. The van der Waals surface area contributed by atoms with Crippen LogP contribution in [0.3, 0.4) is 0 Å². The summed E-state index contributed by atoms with van der Waals surface area (Å²) in [4.78, 5) is 42.7. The highest BCUT2D eigenvalue weighted by molar-refractivity contribution is 5.98. The van der Waals surface area contributed by atoms with Crippen molar-refractivity contribution in [2.75, 3.05) is 64.4 Å². The third-order valence-corrected chi connectivity index (χ3v) is 6.38. The summed E-state index contributed by atoms with van der Waals surface area (Å²) in [5.74, 6) is 1.31. The van der Waals surface area contributed by atoms with Crippen LogP contribution >= 0.6 is 0 Å². The Kier molecular flexibility index (Phi) is 8.20. The van der Waals surface area contributed by atoms with Gasteiger partial charge in [0.05, 0.1) is 13.7 Å². The summed E-state index contributed by atoms with van der Waals surface area (Å²) in [5, 5.41) is 2.71. The summed E-state index contributed by atoms with van der Waals surface area (Å²) in [7, 11) is 1.63. The van der Waals surface area contributed by atoms with Gasteiger partial charge in [0, 0.05) is 56.9 Å². The van der Waals surface area contributed by atoms with E-state index in [9.17, 15) is 14.4 Å². The molecule has 2 aliphatic heterocycles. The number of ether oxygens (including phenoxy) is 2. The number of hydrogen-bond donors (Lipinski definition) is 1. The molecule has 0 aromatic heterocycles. The number of methoxy groups -OCH3 is 1. The molecule has 35 heavy (non-hydrogen) atoms. The van der Waals surface area contributed by atoms with Crippen molar-refractivity contribution in [3.05, 3.63) is 54.1 Å². The Bertz CT molecular complexity index is 1020. The van der Waals surface area contributed by atoms with E-state index < -0.39 is 0 Å². The van der Waals surface area contributed by atoms with Crippen LogP contribution in [0.15, 0.2) is 48.5 Å². The molecule has 0 spiro atoms. The van der Waals surface area contributed by atoms with Crippen LogP contribution < -0.4 is 19.7 Å². The van der Waals surface area contributed by atoms with Crippen LogP contribution in [0.2, 0.25) is 0 Å². The van der Waals surface area contributed by atoms with Crippen LogP contribution in [0.5, 0.6) is 11.5 Å². The zero-order valence-electron chi connectivity index (χ0n) is 20.1. The number of amides is 3. The van der Waals surface area contributed by atoms with Gasteiger partial charge in [0.15, 0.2) is 0 Å². The molecule has 3 amide bonds. The van der Waals surface area contributed by atoms with E-state index in [1.165, 1.54) is 0 Å². The van der Waals surface area contributed by atoms with Gasteiger partial charge in [0.25, 0.3) is 5.91 Å². The van der Waals surface area contributed by atoms with Gasteiger partial charge in [-0.2, -0.15) is 0 Å². The molecule has 186 valence electrons. The minimum absolute atomic E-state index is 0.0359. The molecule has 0 atom stereocenters. The third kappa shape index (κ3) is 6.51. The molecule has 1 N–H and O–H groups in total. The average Bonchev–Trinajstić information content (AvgIpc) is 3.33. The maximum Gasteiger partial charge on any atom is 0.251 e. The van der Waals surface area contributed by atoms with E-state index in [4.69, 9.17) is 9.47 Å². The van der Waals surface area contributed by atoms with E-state index in [0.717, 1.165) is 43.2 Å². The Balaban J connectivity index is 1.14. The Morgan fingerprint density at radius 2 is 1.60 bits per heavy atom. The van der Waals surface area contributed by atoms with Crippen molar-refractivity contribution in [2.24, 2.45) is 0 Å².